The SMILES string of the molecule is CCC(C)(NC(=O)CCC1CCNCC1)c1ccccc1. The van der Waals surface area contributed by atoms with Crippen LogP contribution in [0.15, 0.2) is 30.3 Å². The molecule has 0 aliphatic carbocycles. The van der Waals surface area contributed by atoms with Crippen molar-refractivity contribution >= 4 is 5.91 Å². The maximum atomic E-state index is 12.3. The maximum absolute atomic E-state index is 12.3. The Morgan fingerprint density at radius 1 is 1.29 bits per heavy atom. The second kappa shape index (κ2) is 7.60. The van der Waals surface area contributed by atoms with Gasteiger partial charge in [-0.1, -0.05) is 37.3 Å². The average Bonchev–Trinajstić information content (AvgIpc) is 2.54. The van der Waals surface area contributed by atoms with Gasteiger partial charge in [-0.2, -0.15) is 0 Å². The summed E-state index contributed by atoms with van der Waals surface area (Å²) in [6.07, 6.45) is 4.97. The summed E-state index contributed by atoms with van der Waals surface area (Å²) in [4.78, 5) is 12.3. The third-order valence-electron chi connectivity index (χ3n) is 4.77. The lowest BCUT2D eigenvalue weighted by atomic mass is 9.88. The molecule has 3 heteroatoms. The van der Waals surface area contributed by atoms with Crippen molar-refractivity contribution in [1.82, 2.24) is 10.6 Å². The van der Waals surface area contributed by atoms with Crippen molar-refractivity contribution in [2.24, 2.45) is 5.92 Å². The Bertz CT molecular complexity index is 440. The first kappa shape index (κ1) is 16.0. The predicted octanol–water partition coefficient (Wildman–Crippen LogP) is 3.21. The van der Waals surface area contributed by atoms with Crippen LogP contribution in [0.2, 0.25) is 0 Å². The molecule has 1 saturated heterocycles. The van der Waals surface area contributed by atoms with E-state index in [0.29, 0.717) is 12.3 Å². The van der Waals surface area contributed by atoms with E-state index in [4.69, 9.17) is 0 Å². The highest BCUT2D eigenvalue weighted by molar-refractivity contribution is 5.77. The Kier molecular flexibility index (Phi) is 5.80. The number of carbonyl (C=O) groups is 1. The smallest absolute Gasteiger partial charge is 0.220 e. The molecule has 1 aliphatic rings. The van der Waals surface area contributed by atoms with Crippen LogP contribution in [0.5, 0.6) is 0 Å². The molecule has 1 amide bonds. The van der Waals surface area contributed by atoms with Gasteiger partial charge in [0, 0.05) is 6.42 Å². The zero-order valence-electron chi connectivity index (χ0n) is 13.3. The van der Waals surface area contributed by atoms with Crippen molar-refractivity contribution in [2.45, 2.75) is 51.5 Å². The van der Waals surface area contributed by atoms with E-state index < -0.39 is 0 Å². The Labute approximate surface area is 128 Å². The molecule has 1 aromatic carbocycles. The van der Waals surface area contributed by atoms with Crippen molar-refractivity contribution in [3.63, 3.8) is 0 Å². The van der Waals surface area contributed by atoms with Crippen LogP contribution in [-0.2, 0) is 10.3 Å². The van der Waals surface area contributed by atoms with Crippen LogP contribution in [0.25, 0.3) is 0 Å². The third-order valence-corrected chi connectivity index (χ3v) is 4.77. The molecule has 1 unspecified atom stereocenters. The van der Waals surface area contributed by atoms with E-state index in [1.165, 1.54) is 18.4 Å². The standard InChI is InChI=1S/C18H28N2O/c1-3-18(2,16-7-5-4-6-8-16)20-17(21)10-9-15-11-13-19-14-12-15/h4-8,15,19H,3,9-14H2,1-2H3,(H,20,21). The van der Waals surface area contributed by atoms with E-state index >= 15 is 0 Å². The highest BCUT2D eigenvalue weighted by Crippen LogP contribution is 2.25. The quantitative estimate of drug-likeness (QED) is 0.844. The maximum Gasteiger partial charge on any atom is 0.220 e. The van der Waals surface area contributed by atoms with E-state index in [0.717, 1.165) is 25.9 Å². The molecular weight excluding hydrogens is 260 g/mol. The Balaban J connectivity index is 1.87. The van der Waals surface area contributed by atoms with E-state index in [-0.39, 0.29) is 11.4 Å². The molecule has 1 aliphatic heterocycles. The molecule has 1 atom stereocenters. The van der Waals surface area contributed by atoms with Crippen molar-refractivity contribution in [2.75, 3.05) is 13.1 Å². The predicted molar refractivity (Wildman–Crippen MR) is 87.1 cm³/mol. The minimum Gasteiger partial charge on any atom is -0.347 e. The van der Waals surface area contributed by atoms with Gasteiger partial charge < -0.3 is 10.6 Å². The van der Waals surface area contributed by atoms with Gasteiger partial charge in [-0.3, -0.25) is 4.79 Å². The fraction of sp³-hybridized carbons (Fsp3) is 0.611. The van der Waals surface area contributed by atoms with Gasteiger partial charge >= 0.3 is 0 Å². The highest BCUT2D eigenvalue weighted by Gasteiger charge is 2.26. The number of benzene rings is 1. The van der Waals surface area contributed by atoms with Crippen LogP contribution in [0.1, 0.15) is 51.5 Å². The number of hydrogen-bond donors (Lipinski definition) is 2. The first-order valence-corrected chi connectivity index (χ1v) is 8.21. The van der Waals surface area contributed by atoms with Crippen LogP contribution in [0.3, 0.4) is 0 Å². The van der Waals surface area contributed by atoms with Crippen molar-refractivity contribution < 1.29 is 4.79 Å². The first-order valence-electron chi connectivity index (χ1n) is 8.21. The first-order chi connectivity index (χ1) is 10.1. The minimum absolute atomic E-state index is 0.182. The number of amides is 1. The molecule has 116 valence electrons. The second-order valence-corrected chi connectivity index (χ2v) is 6.33. The van der Waals surface area contributed by atoms with Crippen LogP contribution in [-0.4, -0.2) is 19.0 Å². The average molecular weight is 288 g/mol. The lowest BCUT2D eigenvalue weighted by molar-refractivity contribution is -0.123. The van der Waals surface area contributed by atoms with Crippen molar-refractivity contribution in [1.29, 1.82) is 0 Å². The molecule has 1 aromatic rings. The Morgan fingerprint density at radius 2 is 1.95 bits per heavy atom. The molecule has 21 heavy (non-hydrogen) atoms. The number of piperidine rings is 1. The molecule has 0 spiro atoms. The summed E-state index contributed by atoms with van der Waals surface area (Å²) in [6.45, 7) is 6.44. The van der Waals surface area contributed by atoms with Crippen molar-refractivity contribution in [3.8, 4) is 0 Å². The zero-order valence-corrected chi connectivity index (χ0v) is 13.3. The fourth-order valence-electron chi connectivity index (χ4n) is 3.05. The zero-order chi connectivity index (χ0) is 15.1. The largest absolute Gasteiger partial charge is 0.347 e. The number of nitrogens with one attached hydrogen (secondary N) is 2. The molecule has 3 nitrogen and oxygen atoms in total. The molecule has 0 saturated carbocycles. The Morgan fingerprint density at radius 3 is 2.57 bits per heavy atom. The fourth-order valence-corrected chi connectivity index (χ4v) is 3.05. The summed E-state index contributed by atoms with van der Waals surface area (Å²) in [5, 5.41) is 6.62. The molecule has 0 radical (unpaired) electrons. The van der Waals surface area contributed by atoms with Gasteiger partial charge in [0.25, 0.3) is 0 Å². The normalized spacial score (nSPS) is 19.0. The van der Waals surface area contributed by atoms with Crippen LogP contribution < -0.4 is 10.6 Å². The lowest BCUT2D eigenvalue weighted by Crippen LogP contribution is -2.43. The summed E-state index contributed by atoms with van der Waals surface area (Å²) in [5.41, 5.74) is 0.926. The highest BCUT2D eigenvalue weighted by atomic mass is 16.1. The molecular formula is C18H28N2O. The second-order valence-electron chi connectivity index (χ2n) is 6.33. The van der Waals surface area contributed by atoms with Gasteiger partial charge in [-0.05, 0) is 57.2 Å². The monoisotopic (exact) mass is 288 g/mol. The van der Waals surface area contributed by atoms with Gasteiger partial charge in [-0.15, -0.1) is 0 Å². The van der Waals surface area contributed by atoms with E-state index in [1.54, 1.807) is 0 Å². The summed E-state index contributed by atoms with van der Waals surface area (Å²) in [6, 6.07) is 10.3. The molecule has 1 heterocycles. The van der Waals surface area contributed by atoms with Gasteiger partial charge in [0.2, 0.25) is 5.91 Å². The summed E-state index contributed by atoms with van der Waals surface area (Å²) in [7, 11) is 0. The van der Waals surface area contributed by atoms with Crippen LogP contribution >= 0.6 is 0 Å². The topological polar surface area (TPSA) is 41.1 Å². The molecule has 1 fully saturated rings. The number of carbonyl (C=O) groups excluding carboxylic acids is 1. The van der Waals surface area contributed by atoms with Gasteiger partial charge in [0.15, 0.2) is 0 Å². The number of rotatable bonds is 6. The van der Waals surface area contributed by atoms with E-state index in [9.17, 15) is 4.79 Å². The van der Waals surface area contributed by atoms with E-state index in [1.807, 2.05) is 18.2 Å². The van der Waals surface area contributed by atoms with Crippen LogP contribution in [0.4, 0.5) is 0 Å². The van der Waals surface area contributed by atoms with Gasteiger partial charge in [0.1, 0.15) is 0 Å². The lowest BCUT2D eigenvalue weighted by Gasteiger charge is -2.31. The minimum atomic E-state index is -0.257. The van der Waals surface area contributed by atoms with Crippen molar-refractivity contribution in [3.05, 3.63) is 35.9 Å². The third kappa shape index (κ3) is 4.57. The summed E-state index contributed by atoms with van der Waals surface area (Å²) in [5.74, 6) is 0.892. The van der Waals surface area contributed by atoms with E-state index in [2.05, 4.69) is 36.6 Å². The van der Waals surface area contributed by atoms with Gasteiger partial charge in [-0.25, -0.2) is 0 Å². The number of hydrogen-bond acceptors (Lipinski definition) is 2. The molecule has 0 aromatic heterocycles. The van der Waals surface area contributed by atoms with Gasteiger partial charge in [0.05, 0.1) is 5.54 Å². The molecule has 2 N–H and O–H groups in total. The summed E-state index contributed by atoms with van der Waals surface area (Å²) >= 11 is 0. The molecule has 2 rings (SSSR count). The van der Waals surface area contributed by atoms with Crippen LogP contribution in [0, 0.1) is 5.92 Å². The Hall–Kier alpha value is -1.35. The molecule has 0 bridgehead atoms. The summed E-state index contributed by atoms with van der Waals surface area (Å²) < 4.78 is 0.